The molecule has 3 rings (SSSR count). The van der Waals surface area contributed by atoms with Crippen molar-refractivity contribution in [1.82, 2.24) is 20.2 Å². The maximum atomic E-state index is 5.17. The van der Waals surface area contributed by atoms with Crippen molar-refractivity contribution in [3.8, 4) is 11.4 Å². The first kappa shape index (κ1) is 13.8. The molecule has 0 unspecified atom stereocenters. The number of nitrogens with one attached hydrogen (secondary N) is 1. The fraction of sp³-hybridized carbons (Fsp3) is 0.400. The van der Waals surface area contributed by atoms with Crippen LogP contribution in [-0.4, -0.2) is 40.4 Å². The van der Waals surface area contributed by atoms with Gasteiger partial charge in [-0.1, -0.05) is 0 Å². The number of hydrogen-bond acceptors (Lipinski definition) is 4. The van der Waals surface area contributed by atoms with Gasteiger partial charge in [0, 0.05) is 6.08 Å². The summed E-state index contributed by atoms with van der Waals surface area (Å²) < 4.78 is 6.90. The van der Waals surface area contributed by atoms with Gasteiger partial charge in [0.1, 0.15) is 5.75 Å². The minimum absolute atomic E-state index is 0.748. The first-order chi connectivity index (χ1) is 10.4. The fourth-order valence-electron chi connectivity index (χ4n) is 2.57. The summed E-state index contributed by atoms with van der Waals surface area (Å²) in [6.45, 7) is 2.39. The Labute approximate surface area is 124 Å². The molecule has 0 atom stereocenters. The van der Waals surface area contributed by atoms with E-state index in [2.05, 4.69) is 21.7 Å². The van der Waals surface area contributed by atoms with Gasteiger partial charge in [-0.3, -0.25) is 0 Å². The number of quaternary nitrogens is 1. The van der Waals surface area contributed by atoms with E-state index in [1.807, 2.05) is 30.3 Å². The summed E-state index contributed by atoms with van der Waals surface area (Å²) in [5.41, 5.74) is 0.925. The molecule has 2 aromatic rings. The molecule has 110 valence electrons. The minimum Gasteiger partial charge on any atom is -0.497 e. The second-order valence-corrected chi connectivity index (χ2v) is 5.20. The van der Waals surface area contributed by atoms with Crippen molar-refractivity contribution in [2.24, 2.45) is 0 Å². The van der Waals surface area contributed by atoms with Gasteiger partial charge in [-0.2, -0.15) is 4.68 Å². The van der Waals surface area contributed by atoms with Gasteiger partial charge in [0.25, 0.3) is 0 Å². The molecule has 2 heterocycles. The Hall–Kier alpha value is -2.21. The lowest BCUT2D eigenvalue weighted by molar-refractivity contribution is -0.851. The Morgan fingerprint density at radius 3 is 2.62 bits per heavy atom. The SMILES string of the molecule is COc1ccc(-n2nnnc2/C=C/[NH+]2CCCCC2)cc1. The van der Waals surface area contributed by atoms with Gasteiger partial charge in [-0.15, -0.1) is 5.10 Å². The molecular formula is C15H20N5O+. The standard InChI is InChI=1S/C15H19N5O/c1-21-14-7-5-13(6-8-14)20-15(16-17-18-20)9-12-19-10-3-2-4-11-19/h5-9,12H,2-4,10-11H2,1H3/p+1/b12-9+. The monoisotopic (exact) mass is 286 g/mol. The van der Waals surface area contributed by atoms with E-state index in [0.717, 1.165) is 17.3 Å². The van der Waals surface area contributed by atoms with Crippen molar-refractivity contribution in [2.45, 2.75) is 19.3 Å². The van der Waals surface area contributed by atoms with Crippen molar-refractivity contribution in [3.63, 3.8) is 0 Å². The van der Waals surface area contributed by atoms with Gasteiger partial charge < -0.3 is 9.64 Å². The second kappa shape index (κ2) is 6.49. The lowest BCUT2D eigenvalue weighted by atomic mass is 10.1. The number of methoxy groups -OCH3 is 1. The van der Waals surface area contributed by atoms with Crippen LogP contribution in [0.15, 0.2) is 30.5 Å². The molecular weight excluding hydrogens is 266 g/mol. The summed E-state index contributed by atoms with van der Waals surface area (Å²) in [4.78, 5) is 1.49. The van der Waals surface area contributed by atoms with Gasteiger partial charge in [-0.25, -0.2) is 0 Å². The van der Waals surface area contributed by atoms with Crippen molar-refractivity contribution in [3.05, 3.63) is 36.3 Å². The number of tetrazole rings is 1. The van der Waals surface area contributed by atoms with Crippen LogP contribution in [0.5, 0.6) is 5.75 Å². The molecule has 21 heavy (non-hydrogen) atoms. The third-order valence-electron chi connectivity index (χ3n) is 3.77. The van der Waals surface area contributed by atoms with Crippen LogP contribution in [0.2, 0.25) is 0 Å². The summed E-state index contributed by atoms with van der Waals surface area (Å²) in [5.74, 6) is 1.57. The zero-order valence-electron chi connectivity index (χ0n) is 12.2. The normalized spacial score (nSPS) is 16.4. The lowest BCUT2D eigenvalue weighted by Gasteiger charge is -2.18. The van der Waals surface area contributed by atoms with Crippen LogP contribution in [0, 0.1) is 0 Å². The Bertz CT molecular complexity index is 599. The molecule has 1 N–H and O–H groups in total. The quantitative estimate of drug-likeness (QED) is 0.899. The predicted octanol–water partition coefficient (Wildman–Crippen LogP) is 0.710. The molecule has 6 heteroatoms. The highest BCUT2D eigenvalue weighted by Crippen LogP contribution is 2.15. The maximum Gasteiger partial charge on any atom is 0.185 e. The number of benzene rings is 1. The van der Waals surface area contributed by atoms with Crippen molar-refractivity contribution in [1.29, 1.82) is 0 Å². The third kappa shape index (κ3) is 3.28. The summed E-state index contributed by atoms with van der Waals surface area (Å²) in [5, 5.41) is 11.9. The molecule has 0 radical (unpaired) electrons. The van der Waals surface area contributed by atoms with Gasteiger partial charge in [-0.05, 0) is 54.0 Å². The average Bonchev–Trinajstić information content (AvgIpc) is 3.02. The third-order valence-corrected chi connectivity index (χ3v) is 3.77. The Balaban J connectivity index is 1.77. The number of aromatic nitrogens is 4. The maximum absolute atomic E-state index is 5.17. The number of likely N-dealkylation sites (tertiary alicyclic amines) is 1. The average molecular weight is 286 g/mol. The van der Waals surface area contributed by atoms with Gasteiger partial charge in [0.05, 0.1) is 32.1 Å². The number of piperidine rings is 1. The van der Waals surface area contributed by atoms with Crippen LogP contribution in [0.4, 0.5) is 0 Å². The molecule has 6 nitrogen and oxygen atoms in total. The van der Waals surface area contributed by atoms with Gasteiger partial charge in [0.2, 0.25) is 0 Å². The highest BCUT2D eigenvalue weighted by atomic mass is 16.5. The molecule has 0 bridgehead atoms. The summed E-state index contributed by atoms with van der Waals surface area (Å²) in [6.07, 6.45) is 8.11. The number of nitrogens with zero attached hydrogens (tertiary/aromatic N) is 4. The Kier molecular flexibility index (Phi) is 4.25. The zero-order valence-corrected chi connectivity index (χ0v) is 12.2. The molecule has 1 aromatic carbocycles. The number of rotatable bonds is 4. The van der Waals surface area contributed by atoms with E-state index in [9.17, 15) is 0 Å². The van der Waals surface area contributed by atoms with Crippen molar-refractivity contribution < 1.29 is 9.64 Å². The van der Waals surface area contributed by atoms with E-state index in [4.69, 9.17) is 4.74 Å². The van der Waals surface area contributed by atoms with Crippen LogP contribution < -0.4 is 9.64 Å². The molecule has 1 fully saturated rings. The summed E-state index contributed by atoms with van der Waals surface area (Å²) >= 11 is 0. The molecule has 0 spiro atoms. The molecule has 1 aliphatic heterocycles. The zero-order chi connectivity index (χ0) is 14.5. The van der Waals surface area contributed by atoms with E-state index in [1.54, 1.807) is 11.8 Å². The highest BCUT2D eigenvalue weighted by Gasteiger charge is 2.11. The Morgan fingerprint density at radius 2 is 1.90 bits per heavy atom. The fourth-order valence-corrected chi connectivity index (χ4v) is 2.57. The molecule has 0 amide bonds. The lowest BCUT2D eigenvalue weighted by Crippen LogP contribution is -3.08. The van der Waals surface area contributed by atoms with Crippen LogP contribution in [0.25, 0.3) is 11.8 Å². The largest absolute Gasteiger partial charge is 0.497 e. The topological polar surface area (TPSA) is 57.3 Å². The van der Waals surface area contributed by atoms with Crippen LogP contribution in [0.3, 0.4) is 0 Å². The van der Waals surface area contributed by atoms with Gasteiger partial charge in [0.15, 0.2) is 5.82 Å². The molecule has 1 saturated heterocycles. The molecule has 0 saturated carbocycles. The highest BCUT2D eigenvalue weighted by molar-refractivity contribution is 5.44. The van der Waals surface area contributed by atoms with Crippen LogP contribution in [-0.2, 0) is 0 Å². The predicted molar refractivity (Wildman–Crippen MR) is 79.3 cm³/mol. The van der Waals surface area contributed by atoms with E-state index in [-0.39, 0.29) is 0 Å². The molecule has 1 aliphatic rings. The first-order valence-electron chi connectivity index (χ1n) is 7.32. The van der Waals surface area contributed by atoms with Crippen LogP contribution >= 0.6 is 0 Å². The number of hydrogen-bond donors (Lipinski definition) is 1. The van der Waals surface area contributed by atoms with Crippen molar-refractivity contribution >= 4 is 6.08 Å². The molecule has 0 aliphatic carbocycles. The minimum atomic E-state index is 0.748. The van der Waals surface area contributed by atoms with Crippen molar-refractivity contribution in [2.75, 3.05) is 20.2 Å². The van der Waals surface area contributed by atoms with Crippen LogP contribution in [0.1, 0.15) is 25.1 Å². The summed E-state index contributed by atoms with van der Waals surface area (Å²) in [6, 6.07) is 7.70. The smallest absolute Gasteiger partial charge is 0.185 e. The van der Waals surface area contributed by atoms with E-state index < -0.39 is 0 Å². The van der Waals surface area contributed by atoms with E-state index in [1.165, 1.54) is 37.3 Å². The number of ether oxygens (including phenoxy) is 1. The van der Waals surface area contributed by atoms with Gasteiger partial charge >= 0.3 is 0 Å². The Morgan fingerprint density at radius 1 is 1.14 bits per heavy atom. The van der Waals surface area contributed by atoms with E-state index >= 15 is 0 Å². The van der Waals surface area contributed by atoms with E-state index in [0.29, 0.717) is 0 Å². The molecule has 1 aromatic heterocycles. The summed E-state index contributed by atoms with van der Waals surface area (Å²) in [7, 11) is 1.65. The first-order valence-corrected chi connectivity index (χ1v) is 7.32. The second-order valence-electron chi connectivity index (χ2n) is 5.20.